The van der Waals surface area contributed by atoms with Crippen molar-refractivity contribution in [3.05, 3.63) is 75.4 Å². The van der Waals surface area contributed by atoms with Crippen LogP contribution >= 0.6 is 11.6 Å². The van der Waals surface area contributed by atoms with Gasteiger partial charge in [0.1, 0.15) is 0 Å². The van der Waals surface area contributed by atoms with E-state index in [1.54, 1.807) is 12.1 Å². The molecule has 174 valence electrons. The quantitative estimate of drug-likeness (QED) is 0.292. The maximum absolute atomic E-state index is 11.0. The lowest BCUT2D eigenvalue weighted by atomic mass is 10.1. The van der Waals surface area contributed by atoms with E-state index in [1.807, 2.05) is 28.9 Å². The van der Waals surface area contributed by atoms with Gasteiger partial charge in [-0.2, -0.15) is 5.10 Å². The highest BCUT2D eigenvalue weighted by Gasteiger charge is 2.14. The van der Waals surface area contributed by atoms with Crippen LogP contribution in [-0.2, 0) is 6.54 Å². The van der Waals surface area contributed by atoms with E-state index in [0.717, 1.165) is 68.3 Å². The lowest BCUT2D eigenvalue weighted by Gasteiger charge is -2.32. The third kappa shape index (κ3) is 6.17. The number of nitrogens with one attached hydrogen (secondary N) is 1. The van der Waals surface area contributed by atoms with Gasteiger partial charge in [0, 0.05) is 55.4 Å². The average Bonchev–Trinajstić information content (AvgIpc) is 3.24. The van der Waals surface area contributed by atoms with Crippen molar-refractivity contribution in [1.29, 1.82) is 0 Å². The molecule has 1 N–H and O–H groups in total. The zero-order chi connectivity index (χ0) is 23.2. The number of benzene rings is 2. The molecule has 1 fully saturated rings. The van der Waals surface area contributed by atoms with Crippen LogP contribution in [0.5, 0.6) is 0 Å². The number of piperazine rings is 1. The second-order valence-electron chi connectivity index (χ2n) is 8.39. The van der Waals surface area contributed by atoms with Crippen LogP contribution in [0.15, 0.2) is 54.6 Å². The Bertz CT molecular complexity index is 1060. The maximum atomic E-state index is 11.0. The Morgan fingerprint density at radius 3 is 2.42 bits per heavy atom. The minimum atomic E-state index is -0.394. The van der Waals surface area contributed by atoms with Crippen LogP contribution in [0.25, 0.3) is 16.9 Å². The molecule has 1 aromatic heterocycles. The first-order chi connectivity index (χ1) is 16.0. The molecule has 8 nitrogen and oxygen atoms in total. The number of rotatable bonds is 9. The fraction of sp³-hybridized carbons (Fsp3) is 0.375. The van der Waals surface area contributed by atoms with Gasteiger partial charge in [-0.15, -0.1) is 0 Å². The Morgan fingerprint density at radius 1 is 1.06 bits per heavy atom. The minimum absolute atomic E-state index is 0.0624. The number of nitrogens with zero attached hydrogens (tertiary/aromatic N) is 5. The molecule has 0 atom stereocenters. The van der Waals surface area contributed by atoms with Crippen molar-refractivity contribution >= 4 is 17.3 Å². The monoisotopic (exact) mass is 468 g/mol. The summed E-state index contributed by atoms with van der Waals surface area (Å²) in [5, 5.41) is 20.0. The molecule has 1 saturated heterocycles. The van der Waals surface area contributed by atoms with Crippen LogP contribution < -0.4 is 5.32 Å². The van der Waals surface area contributed by atoms with Crippen molar-refractivity contribution < 1.29 is 4.92 Å². The third-order valence-corrected chi connectivity index (χ3v) is 6.21. The van der Waals surface area contributed by atoms with Crippen molar-refractivity contribution in [3.63, 3.8) is 0 Å². The minimum Gasteiger partial charge on any atom is -0.311 e. The van der Waals surface area contributed by atoms with Crippen LogP contribution in [0.1, 0.15) is 12.1 Å². The normalized spacial score (nSPS) is 15.1. The first-order valence-electron chi connectivity index (χ1n) is 11.2. The van der Waals surface area contributed by atoms with Crippen molar-refractivity contribution in [2.75, 3.05) is 46.3 Å². The van der Waals surface area contributed by atoms with Crippen LogP contribution in [-0.4, -0.2) is 70.8 Å². The number of non-ortho nitro benzene ring substituents is 1. The van der Waals surface area contributed by atoms with Gasteiger partial charge in [0.2, 0.25) is 0 Å². The lowest BCUT2D eigenvalue weighted by molar-refractivity contribution is -0.384. The fourth-order valence-corrected chi connectivity index (χ4v) is 4.09. The zero-order valence-electron chi connectivity index (χ0n) is 18.8. The summed E-state index contributed by atoms with van der Waals surface area (Å²) >= 11 is 6.04. The Hall–Kier alpha value is -2.78. The van der Waals surface area contributed by atoms with Gasteiger partial charge in [-0.1, -0.05) is 23.7 Å². The van der Waals surface area contributed by atoms with Crippen molar-refractivity contribution in [3.8, 4) is 16.9 Å². The standard InChI is InChI=1S/C24H29ClN6O2/c1-28-13-15-29(16-14-28)12-2-11-26-18-23-17-24(19-3-5-20(25)6-4-19)27-30(23)21-7-9-22(10-8-21)31(32)33/h3-10,17,26H,2,11-16,18H2,1H3. The second kappa shape index (κ2) is 10.9. The van der Waals surface area contributed by atoms with Gasteiger partial charge >= 0.3 is 0 Å². The number of nitro benzene ring substituents is 1. The summed E-state index contributed by atoms with van der Waals surface area (Å²) in [7, 11) is 2.17. The number of nitro groups is 1. The molecular formula is C24H29ClN6O2. The summed E-state index contributed by atoms with van der Waals surface area (Å²) in [6.45, 7) is 7.19. The van der Waals surface area contributed by atoms with Gasteiger partial charge in [-0.05, 0) is 56.9 Å². The molecule has 33 heavy (non-hydrogen) atoms. The fourth-order valence-electron chi connectivity index (χ4n) is 3.96. The zero-order valence-corrected chi connectivity index (χ0v) is 19.5. The smallest absolute Gasteiger partial charge is 0.269 e. The maximum Gasteiger partial charge on any atom is 0.269 e. The summed E-state index contributed by atoms with van der Waals surface area (Å²) < 4.78 is 1.85. The van der Waals surface area contributed by atoms with Gasteiger partial charge in [-0.25, -0.2) is 4.68 Å². The SMILES string of the molecule is CN1CCN(CCCNCc2cc(-c3ccc(Cl)cc3)nn2-c2ccc([N+](=O)[O-])cc2)CC1. The van der Waals surface area contributed by atoms with Crippen LogP contribution in [0.4, 0.5) is 5.69 Å². The first-order valence-corrected chi connectivity index (χ1v) is 11.6. The predicted octanol–water partition coefficient (Wildman–Crippen LogP) is 3.83. The number of aromatic nitrogens is 2. The Labute approximate surface area is 198 Å². The summed E-state index contributed by atoms with van der Waals surface area (Å²) in [5.74, 6) is 0. The van der Waals surface area contributed by atoms with Crippen molar-refractivity contribution in [2.24, 2.45) is 0 Å². The Balaban J connectivity index is 1.44. The van der Waals surface area contributed by atoms with E-state index >= 15 is 0 Å². The molecule has 0 saturated carbocycles. The average molecular weight is 469 g/mol. The third-order valence-electron chi connectivity index (χ3n) is 5.96. The predicted molar refractivity (Wildman–Crippen MR) is 131 cm³/mol. The summed E-state index contributed by atoms with van der Waals surface area (Å²) in [4.78, 5) is 15.5. The topological polar surface area (TPSA) is 79.5 Å². The van der Waals surface area contributed by atoms with Crippen LogP contribution in [0.2, 0.25) is 5.02 Å². The Kier molecular flexibility index (Phi) is 7.72. The molecule has 0 aliphatic carbocycles. The molecule has 0 radical (unpaired) electrons. The van der Waals surface area contributed by atoms with Crippen molar-refractivity contribution in [1.82, 2.24) is 24.9 Å². The number of hydrogen-bond donors (Lipinski definition) is 1. The molecular weight excluding hydrogens is 440 g/mol. The highest BCUT2D eigenvalue weighted by Crippen LogP contribution is 2.24. The summed E-state index contributed by atoms with van der Waals surface area (Å²) in [5.41, 5.74) is 3.64. The van der Waals surface area contributed by atoms with Gasteiger partial charge in [0.25, 0.3) is 5.69 Å². The van der Waals surface area contributed by atoms with Crippen LogP contribution in [0.3, 0.4) is 0 Å². The van der Waals surface area contributed by atoms with Gasteiger partial charge in [-0.3, -0.25) is 10.1 Å². The molecule has 3 aromatic rings. The molecule has 4 rings (SSSR count). The van der Waals surface area contributed by atoms with E-state index in [-0.39, 0.29) is 5.69 Å². The number of hydrogen-bond acceptors (Lipinski definition) is 6. The molecule has 2 aromatic carbocycles. The number of halogens is 1. The largest absolute Gasteiger partial charge is 0.311 e. The molecule has 2 heterocycles. The summed E-state index contributed by atoms with van der Waals surface area (Å²) in [6.07, 6.45) is 1.08. The van der Waals surface area contributed by atoms with E-state index in [2.05, 4.69) is 28.2 Å². The van der Waals surface area contributed by atoms with Gasteiger partial charge in [0.05, 0.1) is 22.0 Å². The van der Waals surface area contributed by atoms with Crippen LogP contribution in [0, 0.1) is 10.1 Å². The molecule has 1 aliphatic rings. The first kappa shape index (κ1) is 23.4. The van der Waals surface area contributed by atoms with E-state index in [0.29, 0.717) is 11.6 Å². The molecule has 0 bridgehead atoms. The molecule has 1 aliphatic heterocycles. The molecule has 9 heteroatoms. The molecule has 0 amide bonds. The highest BCUT2D eigenvalue weighted by atomic mass is 35.5. The highest BCUT2D eigenvalue weighted by molar-refractivity contribution is 6.30. The van der Waals surface area contributed by atoms with Crippen molar-refractivity contribution in [2.45, 2.75) is 13.0 Å². The molecule has 0 spiro atoms. The van der Waals surface area contributed by atoms with Gasteiger partial charge in [0.15, 0.2) is 0 Å². The van der Waals surface area contributed by atoms with E-state index in [4.69, 9.17) is 16.7 Å². The van der Waals surface area contributed by atoms with E-state index in [9.17, 15) is 10.1 Å². The second-order valence-corrected chi connectivity index (χ2v) is 8.82. The van der Waals surface area contributed by atoms with E-state index < -0.39 is 4.92 Å². The lowest BCUT2D eigenvalue weighted by Crippen LogP contribution is -2.45. The number of likely N-dealkylation sites (N-methyl/N-ethyl adjacent to an activating group) is 1. The molecule has 0 unspecified atom stereocenters. The van der Waals surface area contributed by atoms with Gasteiger partial charge < -0.3 is 15.1 Å². The summed E-state index contributed by atoms with van der Waals surface area (Å²) in [6, 6.07) is 16.1. The Morgan fingerprint density at radius 2 is 1.76 bits per heavy atom. The van der Waals surface area contributed by atoms with E-state index in [1.165, 1.54) is 12.1 Å².